The fourth-order valence-corrected chi connectivity index (χ4v) is 0.937. The summed E-state index contributed by atoms with van der Waals surface area (Å²) in [7, 11) is 0. The maximum absolute atomic E-state index is 11.0. The normalized spacial score (nSPS) is 10.0. The Morgan fingerprint density at radius 1 is 1.45 bits per heavy atom. The van der Waals surface area contributed by atoms with Gasteiger partial charge in [-0.3, -0.25) is 4.79 Å². The third kappa shape index (κ3) is 1.67. The molecule has 0 fully saturated rings. The van der Waals surface area contributed by atoms with E-state index in [1.54, 1.807) is 0 Å². The Balaban J connectivity index is 3.13. The van der Waals surface area contributed by atoms with Crippen LogP contribution in [0, 0.1) is 0 Å². The van der Waals surface area contributed by atoms with Crippen LogP contribution in [-0.2, 0) is 12.8 Å². The SMILES string of the molecule is CCc1cc(CC)c(=O)[nH]n1. The Kier molecular flexibility index (Phi) is 2.41. The van der Waals surface area contributed by atoms with Crippen LogP contribution in [0.5, 0.6) is 0 Å². The molecule has 11 heavy (non-hydrogen) atoms. The lowest BCUT2D eigenvalue weighted by Gasteiger charge is -1.96. The Hall–Kier alpha value is -1.12. The number of nitrogens with zero attached hydrogens (tertiary/aromatic N) is 1. The zero-order valence-corrected chi connectivity index (χ0v) is 6.85. The maximum Gasteiger partial charge on any atom is 0.267 e. The summed E-state index contributed by atoms with van der Waals surface area (Å²) < 4.78 is 0. The van der Waals surface area contributed by atoms with Gasteiger partial charge < -0.3 is 0 Å². The molecule has 0 spiro atoms. The highest BCUT2D eigenvalue weighted by Gasteiger charge is 1.97. The highest BCUT2D eigenvalue weighted by molar-refractivity contribution is 5.12. The third-order valence-electron chi connectivity index (χ3n) is 1.68. The Labute approximate surface area is 65.5 Å². The number of nitrogens with one attached hydrogen (secondary N) is 1. The molecule has 0 saturated heterocycles. The molecule has 0 atom stereocenters. The van der Waals surface area contributed by atoms with E-state index in [2.05, 4.69) is 10.2 Å². The Morgan fingerprint density at radius 2 is 2.18 bits per heavy atom. The average molecular weight is 152 g/mol. The Morgan fingerprint density at radius 3 is 2.73 bits per heavy atom. The number of aromatic nitrogens is 2. The van der Waals surface area contributed by atoms with Crippen molar-refractivity contribution in [2.45, 2.75) is 26.7 Å². The van der Waals surface area contributed by atoms with E-state index in [1.165, 1.54) is 0 Å². The summed E-state index contributed by atoms with van der Waals surface area (Å²) in [5, 5.41) is 6.33. The van der Waals surface area contributed by atoms with E-state index >= 15 is 0 Å². The van der Waals surface area contributed by atoms with Gasteiger partial charge in [0.05, 0.1) is 5.69 Å². The summed E-state index contributed by atoms with van der Waals surface area (Å²) >= 11 is 0. The highest BCUT2D eigenvalue weighted by Crippen LogP contribution is 1.95. The summed E-state index contributed by atoms with van der Waals surface area (Å²) in [6.45, 7) is 3.98. The minimum Gasteiger partial charge on any atom is -0.268 e. The van der Waals surface area contributed by atoms with E-state index < -0.39 is 0 Å². The predicted octanol–water partition coefficient (Wildman–Crippen LogP) is 0.895. The summed E-state index contributed by atoms with van der Waals surface area (Å²) in [5.41, 5.74) is 1.70. The lowest BCUT2D eigenvalue weighted by Crippen LogP contribution is -2.14. The van der Waals surface area contributed by atoms with Crippen molar-refractivity contribution >= 4 is 0 Å². The van der Waals surface area contributed by atoms with Crippen molar-refractivity contribution in [2.24, 2.45) is 0 Å². The van der Waals surface area contributed by atoms with Crippen LogP contribution >= 0.6 is 0 Å². The summed E-state index contributed by atoms with van der Waals surface area (Å²) in [4.78, 5) is 11.0. The molecule has 1 N–H and O–H groups in total. The topological polar surface area (TPSA) is 45.8 Å². The van der Waals surface area contributed by atoms with Gasteiger partial charge in [0.2, 0.25) is 0 Å². The van der Waals surface area contributed by atoms with Gasteiger partial charge in [-0.2, -0.15) is 5.10 Å². The molecule has 0 aliphatic heterocycles. The van der Waals surface area contributed by atoms with Gasteiger partial charge in [-0.1, -0.05) is 13.8 Å². The smallest absolute Gasteiger partial charge is 0.267 e. The van der Waals surface area contributed by atoms with Crippen molar-refractivity contribution in [3.63, 3.8) is 0 Å². The number of aromatic amines is 1. The zero-order chi connectivity index (χ0) is 8.27. The van der Waals surface area contributed by atoms with Gasteiger partial charge in [0.1, 0.15) is 0 Å². The van der Waals surface area contributed by atoms with Crippen LogP contribution in [-0.4, -0.2) is 10.2 Å². The number of H-pyrrole nitrogens is 1. The second kappa shape index (κ2) is 3.32. The summed E-state index contributed by atoms with van der Waals surface area (Å²) in [6.07, 6.45) is 1.63. The third-order valence-corrected chi connectivity index (χ3v) is 1.68. The summed E-state index contributed by atoms with van der Waals surface area (Å²) in [5.74, 6) is 0. The standard InChI is InChI=1S/C8H12N2O/c1-3-6-5-7(4-2)9-10-8(6)11/h5H,3-4H2,1-2H3,(H,10,11). The maximum atomic E-state index is 11.0. The van der Waals surface area contributed by atoms with Crippen LogP contribution in [0.3, 0.4) is 0 Å². The van der Waals surface area contributed by atoms with Gasteiger partial charge in [-0.25, -0.2) is 5.10 Å². The number of hydrogen-bond acceptors (Lipinski definition) is 2. The molecule has 0 saturated carbocycles. The van der Waals surface area contributed by atoms with Gasteiger partial charge in [-0.15, -0.1) is 0 Å². The van der Waals surface area contributed by atoms with E-state index in [0.29, 0.717) is 0 Å². The monoisotopic (exact) mass is 152 g/mol. The lowest BCUT2D eigenvalue weighted by molar-refractivity contribution is 0.867. The van der Waals surface area contributed by atoms with Crippen LogP contribution in [0.2, 0.25) is 0 Å². The van der Waals surface area contributed by atoms with Crippen molar-refractivity contribution in [1.82, 2.24) is 10.2 Å². The molecule has 0 aliphatic rings. The van der Waals surface area contributed by atoms with Crippen molar-refractivity contribution in [2.75, 3.05) is 0 Å². The largest absolute Gasteiger partial charge is 0.268 e. The number of hydrogen-bond donors (Lipinski definition) is 1. The molecule has 0 bridgehead atoms. The first-order valence-corrected chi connectivity index (χ1v) is 3.85. The molecule has 1 aromatic heterocycles. The van der Waals surface area contributed by atoms with E-state index in [0.717, 1.165) is 24.1 Å². The van der Waals surface area contributed by atoms with E-state index in [1.807, 2.05) is 19.9 Å². The predicted molar refractivity (Wildman–Crippen MR) is 43.6 cm³/mol. The highest BCUT2D eigenvalue weighted by atomic mass is 16.1. The number of rotatable bonds is 2. The fourth-order valence-electron chi connectivity index (χ4n) is 0.937. The van der Waals surface area contributed by atoms with Crippen molar-refractivity contribution in [3.8, 4) is 0 Å². The first-order chi connectivity index (χ1) is 5.27. The minimum absolute atomic E-state index is 0.0651. The molecule has 0 aromatic carbocycles. The van der Waals surface area contributed by atoms with Gasteiger partial charge in [0.15, 0.2) is 0 Å². The van der Waals surface area contributed by atoms with Crippen LogP contribution in [0.15, 0.2) is 10.9 Å². The van der Waals surface area contributed by atoms with E-state index in [-0.39, 0.29) is 5.56 Å². The molecule has 3 nitrogen and oxygen atoms in total. The van der Waals surface area contributed by atoms with E-state index in [9.17, 15) is 4.79 Å². The fraction of sp³-hybridized carbons (Fsp3) is 0.500. The Bertz CT molecular complexity index is 290. The van der Waals surface area contributed by atoms with Gasteiger partial charge in [0.25, 0.3) is 5.56 Å². The quantitative estimate of drug-likeness (QED) is 0.684. The van der Waals surface area contributed by atoms with E-state index in [4.69, 9.17) is 0 Å². The second-order valence-corrected chi connectivity index (χ2v) is 2.42. The van der Waals surface area contributed by atoms with Gasteiger partial charge in [0, 0.05) is 5.56 Å². The molecule has 0 radical (unpaired) electrons. The molecule has 0 unspecified atom stereocenters. The van der Waals surface area contributed by atoms with Gasteiger partial charge >= 0.3 is 0 Å². The van der Waals surface area contributed by atoms with Crippen LogP contribution in [0.25, 0.3) is 0 Å². The van der Waals surface area contributed by atoms with Crippen LogP contribution in [0.4, 0.5) is 0 Å². The average Bonchev–Trinajstić information content (AvgIpc) is 2.05. The van der Waals surface area contributed by atoms with Crippen molar-refractivity contribution in [3.05, 3.63) is 27.7 Å². The van der Waals surface area contributed by atoms with Gasteiger partial charge in [-0.05, 0) is 18.9 Å². The van der Waals surface area contributed by atoms with Crippen LogP contribution in [0.1, 0.15) is 25.1 Å². The molecular weight excluding hydrogens is 140 g/mol. The molecule has 0 amide bonds. The molecule has 1 aromatic rings. The molecule has 1 rings (SSSR count). The molecule has 0 aliphatic carbocycles. The van der Waals surface area contributed by atoms with Crippen molar-refractivity contribution < 1.29 is 0 Å². The minimum atomic E-state index is -0.0651. The first-order valence-electron chi connectivity index (χ1n) is 3.85. The molecule has 3 heteroatoms. The second-order valence-electron chi connectivity index (χ2n) is 2.42. The molecule has 60 valence electrons. The molecular formula is C8H12N2O. The first kappa shape index (κ1) is 7.98. The van der Waals surface area contributed by atoms with Crippen molar-refractivity contribution in [1.29, 1.82) is 0 Å². The van der Waals surface area contributed by atoms with Crippen LogP contribution < -0.4 is 5.56 Å². The summed E-state index contributed by atoms with van der Waals surface area (Å²) in [6, 6.07) is 1.86. The zero-order valence-electron chi connectivity index (χ0n) is 6.85. The molecule has 1 heterocycles. The lowest BCUT2D eigenvalue weighted by atomic mass is 10.2. The number of aryl methyl sites for hydroxylation is 2.